The monoisotopic (exact) mass is 506 g/mol. The zero-order valence-corrected chi connectivity index (χ0v) is 19.6. The quantitative estimate of drug-likeness (QED) is 0.300. The zero-order valence-electron chi connectivity index (χ0n) is 18.0. The second-order valence-electron chi connectivity index (χ2n) is 7.35. The summed E-state index contributed by atoms with van der Waals surface area (Å²) in [6, 6.07) is 14.9. The van der Waals surface area contributed by atoms with E-state index in [9.17, 15) is 18.0 Å². The summed E-state index contributed by atoms with van der Waals surface area (Å²) in [5, 5.41) is 10.3. The van der Waals surface area contributed by atoms with Gasteiger partial charge in [0.05, 0.1) is 22.6 Å². The number of hydrogen-bond acceptors (Lipinski definition) is 5. The molecule has 0 aliphatic rings. The van der Waals surface area contributed by atoms with Gasteiger partial charge in [0.25, 0.3) is 11.1 Å². The molecule has 0 radical (unpaired) electrons. The molecule has 2 heterocycles. The summed E-state index contributed by atoms with van der Waals surface area (Å²) in [5.74, 6) is -0.583. The van der Waals surface area contributed by atoms with Crippen LogP contribution in [0.4, 0.5) is 18.9 Å². The molecule has 0 fully saturated rings. The van der Waals surface area contributed by atoms with Crippen LogP contribution in [0.25, 0.3) is 17.1 Å². The molecule has 1 amide bonds. The lowest BCUT2D eigenvalue weighted by atomic mass is 10.1. The number of amides is 1. The number of carbonyl (C=O) groups is 1. The molecule has 0 bridgehead atoms. The highest BCUT2D eigenvalue weighted by Crippen LogP contribution is 2.37. The number of anilines is 1. The fourth-order valence-electron chi connectivity index (χ4n) is 3.50. The van der Waals surface area contributed by atoms with E-state index in [1.165, 1.54) is 6.07 Å². The Balaban J connectivity index is 1.46. The number of nitrogens with one attached hydrogen (secondary N) is 1. The summed E-state index contributed by atoms with van der Waals surface area (Å²) in [6.45, 7) is 3.90. The van der Waals surface area contributed by atoms with Gasteiger partial charge in [0.1, 0.15) is 0 Å². The van der Waals surface area contributed by atoms with Crippen molar-refractivity contribution in [3.8, 4) is 17.1 Å². The second kappa shape index (κ2) is 9.55. The Morgan fingerprint density at radius 1 is 1.12 bits per heavy atom. The SMILES string of the molecule is Cc1cc(-c2nnc(SCC(=O)Nc3ccc(Cl)cc3C(F)(F)F)o2)c(C)n1-c1ccccc1. The third-order valence-corrected chi connectivity index (χ3v) is 6.02. The van der Waals surface area contributed by atoms with Gasteiger partial charge in [-0.2, -0.15) is 13.2 Å². The number of aryl methyl sites for hydroxylation is 1. The number of aromatic nitrogens is 3. The predicted octanol–water partition coefficient (Wildman–Crippen LogP) is 6.55. The molecule has 6 nitrogen and oxygen atoms in total. The first-order valence-electron chi connectivity index (χ1n) is 10.0. The van der Waals surface area contributed by atoms with Crippen molar-refractivity contribution in [2.45, 2.75) is 25.2 Å². The minimum absolute atomic E-state index is 0.0790. The van der Waals surface area contributed by atoms with Gasteiger partial charge in [-0.1, -0.05) is 41.6 Å². The molecule has 4 aromatic rings. The van der Waals surface area contributed by atoms with Crippen molar-refractivity contribution >= 4 is 35.0 Å². The molecule has 1 N–H and O–H groups in total. The van der Waals surface area contributed by atoms with Gasteiger partial charge in [0, 0.05) is 22.1 Å². The molecular weight excluding hydrogens is 489 g/mol. The normalized spacial score (nSPS) is 11.6. The maximum absolute atomic E-state index is 13.2. The number of benzene rings is 2. The summed E-state index contributed by atoms with van der Waals surface area (Å²) < 4.78 is 47.4. The number of hydrogen-bond donors (Lipinski definition) is 1. The van der Waals surface area contributed by atoms with Gasteiger partial charge in [-0.05, 0) is 50.2 Å². The van der Waals surface area contributed by atoms with Crippen LogP contribution < -0.4 is 5.32 Å². The van der Waals surface area contributed by atoms with E-state index < -0.39 is 17.6 Å². The highest BCUT2D eigenvalue weighted by Gasteiger charge is 2.34. The molecule has 4 rings (SSSR count). The summed E-state index contributed by atoms with van der Waals surface area (Å²) in [4.78, 5) is 12.3. The van der Waals surface area contributed by atoms with Crippen molar-refractivity contribution in [2.75, 3.05) is 11.1 Å². The van der Waals surface area contributed by atoms with Crippen LogP contribution in [-0.2, 0) is 11.0 Å². The topological polar surface area (TPSA) is 73.0 Å². The van der Waals surface area contributed by atoms with Crippen LogP contribution in [0.15, 0.2) is 64.2 Å². The van der Waals surface area contributed by atoms with Gasteiger partial charge in [0.2, 0.25) is 5.91 Å². The molecule has 0 saturated heterocycles. The van der Waals surface area contributed by atoms with Crippen molar-refractivity contribution < 1.29 is 22.4 Å². The lowest BCUT2D eigenvalue weighted by molar-refractivity contribution is -0.137. The number of nitrogens with zero attached hydrogens (tertiary/aromatic N) is 3. The molecule has 0 aliphatic heterocycles. The van der Waals surface area contributed by atoms with E-state index in [0.717, 1.165) is 46.5 Å². The minimum atomic E-state index is -4.66. The number of carbonyl (C=O) groups excluding carboxylic acids is 1. The summed E-state index contributed by atoms with van der Waals surface area (Å²) >= 11 is 6.59. The van der Waals surface area contributed by atoms with Gasteiger partial charge in [-0.25, -0.2) is 0 Å². The molecule has 34 heavy (non-hydrogen) atoms. The minimum Gasteiger partial charge on any atom is -0.411 e. The molecule has 0 aliphatic carbocycles. The number of halogens is 4. The Labute approximate surface area is 202 Å². The number of thioether (sulfide) groups is 1. The Kier molecular flexibility index (Phi) is 6.72. The highest BCUT2D eigenvalue weighted by molar-refractivity contribution is 7.99. The molecule has 0 saturated carbocycles. The number of para-hydroxylation sites is 1. The molecule has 2 aromatic carbocycles. The molecule has 2 aromatic heterocycles. The average molecular weight is 507 g/mol. The van der Waals surface area contributed by atoms with Crippen LogP contribution in [0.2, 0.25) is 5.02 Å². The first-order chi connectivity index (χ1) is 16.1. The van der Waals surface area contributed by atoms with E-state index in [1.807, 2.05) is 50.2 Å². The second-order valence-corrected chi connectivity index (χ2v) is 8.72. The van der Waals surface area contributed by atoms with Crippen LogP contribution in [0.3, 0.4) is 0 Å². The standard InChI is InChI=1S/C23H18ClF3N4O2S/c1-13-10-17(14(2)31(13)16-6-4-3-5-7-16)21-29-30-22(33-21)34-12-20(32)28-19-9-8-15(24)11-18(19)23(25,26)27/h3-11H,12H2,1-2H3,(H,28,32). The molecule has 11 heteroatoms. The van der Waals surface area contributed by atoms with E-state index in [1.54, 1.807) is 0 Å². The molecule has 0 unspecified atom stereocenters. The largest absolute Gasteiger partial charge is 0.418 e. The zero-order chi connectivity index (χ0) is 24.5. The first kappa shape index (κ1) is 23.9. The number of alkyl halides is 3. The van der Waals surface area contributed by atoms with Crippen molar-refractivity contribution in [3.63, 3.8) is 0 Å². The van der Waals surface area contributed by atoms with E-state index in [-0.39, 0.29) is 27.6 Å². The van der Waals surface area contributed by atoms with Crippen molar-refractivity contribution in [2.24, 2.45) is 0 Å². The van der Waals surface area contributed by atoms with Gasteiger partial charge in [0.15, 0.2) is 0 Å². The maximum Gasteiger partial charge on any atom is 0.418 e. The summed E-state index contributed by atoms with van der Waals surface area (Å²) in [6.07, 6.45) is -4.66. The van der Waals surface area contributed by atoms with E-state index >= 15 is 0 Å². The third kappa shape index (κ3) is 5.13. The van der Waals surface area contributed by atoms with Crippen molar-refractivity contribution in [1.82, 2.24) is 14.8 Å². The van der Waals surface area contributed by atoms with E-state index in [4.69, 9.17) is 16.0 Å². The van der Waals surface area contributed by atoms with Gasteiger partial charge in [-0.3, -0.25) is 4.79 Å². The lowest BCUT2D eigenvalue weighted by Gasteiger charge is -2.13. The fourth-order valence-corrected chi connectivity index (χ4v) is 4.24. The Bertz CT molecular complexity index is 1340. The smallest absolute Gasteiger partial charge is 0.411 e. The molecular formula is C23H18ClF3N4O2S. The number of rotatable bonds is 6. The fraction of sp³-hybridized carbons (Fsp3) is 0.174. The lowest BCUT2D eigenvalue weighted by Crippen LogP contribution is -2.18. The van der Waals surface area contributed by atoms with Gasteiger partial charge in [-0.15, -0.1) is 10.2 Å². The highest BCUT2D eigenvalue weighted by atomic mass is 35.5. The van der Waals surface area contributed by atoms with Crippen LogP contribution >= 0.6 is 23.4 Å². The Morgan fingerprint density at radius 2 is 1.85 bits per heavy atom. The first-order valence-corrected chi connectivity index (χ1v) is 11.4. The van der Waals surface area contributed by atoms with E-state index in [0.29, 0.717) is 0 Å². The molecule has 0 atom stereocenters. The predicted molar refractivity (Wildman–Crippen MR) is 124 cm³/mol. The van der Waals surface area contributed by atoms with Crippen LogP contribution in [0, 0.1) is 13.8 Å². The third-order valence-electron chi connectivity index (χ3n) is 4.97. The van der Waals surface area contributed by atoms with Crippen LogP contribution in [0.5, 0.6) is 0 Å². The molecule has 176 valence electrons. The van der Waals surface area contributed by atoms with Crippen molar-refractivity contribution in [1.29, 1.82) is 0 Å². The maximum atomic E-state index is 13.2. The van der Waals surface area contributed by atoms with Crippen LogP contribution in [-0.4, -0.2) is 26.4 Å². The van der Waals surface area contributed by atoms with Gasteiger partial charge < -0.3 is 14.3 Å². The Morgan fingerprint density at radius 3 is 2.56 bits per heavy atom. The Hall–Kier alpha value is -3.24. The van der Waals surface area contributed by atoms with Crippen molar-refractivity contribution in [3.05, 3.63) is 76.6 Å². The van der Waals surface area contributed by atoms with Crippen LogP contribution in [0.1, 0.15) is 17.0 Å². The summed E-state index contributed by atoms with van der Waals surface area (Å²) in [7, 11) is 0. The molecule has 0 spiro atoms. The average Bonchev–Trinajstić information content (AvgIpc) is 3.37. The van der Waals surface area contributed by atoms with E-state index in [2.05, 4.69) is 20.1 Å². The summed E-state index contributed by atoms with van der Waals surface area (Å²) in [5.41, 5.74) is 2.24. The van der Waals surface area contributed by atoms with Gasteiger partial charge >= 0.3 is 6.18 Å².